The summed E-state index contributed by atoms with van der Waals surface area (Å²) in [6, 6.07) is 13.4. The molecule has 1 aromatic heterocycles. The van der Waals surface area contributed by atoms with Crippen molar-refractivity contribution >= 4 is 5.96 Å². The Morgan fingerprint density at radius 2 is 1.93 bits per heavy atom. The Labute approximate surface area is 174 Å². The Morgan fingerprint density at radius 3 is 2.66 bits per heavy atom. The van der Waals surface area contributed by atoms with Gasteiger partial charge in [0.15, 0.2) is 5.96 Å². The summed E-state index contributed by atoms with van der Waals surface area (Å²) < 4.78 is 7.77. The monoisotopic (exact) mass is 398 g/mol. The van der Waals surface area contributed by atoms with Crippen LogP contribution >= 0.6 is 0 Å². The molecule has 2 rings (SSSR count). The number of aryl methyl sites for hydroxylation is 2. The van der Waals surface area contributed by atoms with Gasteiger partial charge < -0.3 is 19.9 Å². The fraction of sp³-hybridized carbons (Fsp3) is 0.478. The average Bonchev–Trinajstić information content (AvgIpc) is 2.67. The smallest absolute Gasteiger partial charge is 0.250 e. The summed E-state index contributed by atoms with van der Waals surface area (Å²) >= 11 is 0. The molecule has 0 fully saturated rings. The van der Waals surface area contributed by atoms with Gasteiger partial charge in [0.2, 0.25) is 0 Å². The van der Waals surface area contributed by atoms with Crippen LogP contribution in [0.4, 0.5) is 0 Å². The van der Waals surface area contributed by atoms with E-state index >= 15 is 0 Å². The van der Waals surface area contributed by atoms with E-state index in [2.05, 4.69) is 35.5 Å². The van der Waals surface area contributed by atoms with E-state index in [-0.39, 0.29) is 11.7 Å². The molecule has 2 aromatic rings. The fourth-order valence-electron chi connectivity index (χ4n) is 3.03. The van der Waals surface area contributed by atoms with E-state index in [1.54, 1.807) is 12.1 Å². The van der Waals surface area contributed by atoms with E-state index in [0.29, 0.717) is 6.54 Å². The van der Waals surface area contributed by atoms with Gasteiger partial charge in [0.1, 0.15) is 11.9 Å². The lowest BCUT2D eigenvalue weighted by atomic mass is 10.2. The van der Waals surface area contributed by atoms with E-state index in [4.69, 9.17) is 4.74 Å². The molecule has 1 heterocycles. The highest BCUT2D eigenvalue weighted by molar-refractivity contribution is 5.79. The van der Waals surface area contributed by atoms with Crippen LogP contribution in [0.1, 0.15) is 37.9 Å². The molecule has 6 nitrogen and oxygen atoms in total. The van der Waals surface area contributed by atoms with Crippen molar-refractivity contribution in [3.63, 3.8) is 0 Å². The number of pyridine rings is 1. The summed E-state index contributed by atoms with van der Waals surface area (Å²) in [6.45, 7) is 11.0. The molecule has 0 aliphatic heterocycles. The molecule has 0 bridgehead atoms. The molecule has 0 aliphatic carbocycles. The molecular weight excluding hydrogens is 364 g/mol. The zero-order valence-electron chi connectivity index (χ0n) is 18.1. The molecular formula is C23H34N4O2. The zero-order chi connectivity index (χ0) is 21.1. The maximum absolute atomic E-state index is 11.9. The lowest BCUT2D eigenvalue weighted by Gasteiger charge is -2.15. The van der Waals surface area contributed by atoms with E-state index in [1.165, 1.54) is 5.56 Å². The highest BCUT2D eigenvalue weighted by atomic mass is 16.5. The standard InChI is InChI=1S/C23H34N4O2/c1-5-24-23(26-17-20(4)29-21-12-8-10-18(2)16-21)25-14-6-7-15-27-19(3)11-9-13-22(27)28/h8-13,16,20H,5-7,14-15,17H2,1-4H3,(H2,24,25,26). The maximum Gasteiger partial charge on any atom is 0.250 e. The summed E-state index contributed by atoms with van der Waals surface area (Å²) in [5, 5.41) is 6.63. The number of benzene rings is 1. The first-order valence-electron chi connectivity index (χ1n) is 10.4. The number of aliphatic imine (C=N–C) groups is 1. The predicted molar refractivity (Wildman–Crippen MR) is 120 cm³/mol. The number of nitrogens with zero attached hydrogens (tertiary/aromatic N) is 2. The number of aromatic nitrogens is 1. The molecule has 1 unspecified atom stereocenters. The third kappa shape index (κ3) is 8.02. The molecule has 0 aliphatic rings. The van der Waals surface area contributed by atoms with Crippen LogP contribution in [-0.2, 0) is 6.54 Å². The molecule has 158 valence electrons. The first-order chi connectivity index (χ1) is 14.0. The van der Waals surface area contributed by atoms with Crippen LogP contribution in [0.2, 0.25) is 0 Å². The third-order valence-corrected chi connectivity index (χ3v) is 4.55. The summed E-state index contributed by atoms with van der Waals surface area (Å²) in [5.41, 5.74) is 2.25. The molecule has 0 spiro atoms. The molecule has 1 aromatic carbocycles. The summed E-state index contributed by atoms with van der Waals surface area (Å²) in [6.07, 6.45) is 1.88. The van der Waals surface area contributed by atoms with Gasteiger partial charge in [-0.2, -0.15) is 0 Å². The SMILES string of the molecule is CCNC(=NCC(C)Oc1cccc(C)c1)NCCCCn1c(C)cccc1=O. The number of rotatable bonds is 10. The molecule has 0 radical (unpaired) electrons. The predicted octanol–water partition coefficient (Wildman–Crippen LogP) is 3.27. The summed E-state index contributed by atoms with van der Waals surface area (Å²) in [7, 11) is 0. The van der Waals surface area contributed by atoms with E-state index < -0.39 is 0 Å². The number of unbranched alkanes of at least 4 members (excludes halogenated alkanes) is 1. The number of hydrogen-bond donors (Lipinski definition) is 2. The molecule has 6 heteroatoms. The van der Waals surface area contributed by atoms with Crippen molar-refractivity contribution in [1.29, 1.82) is 0 Å². The van der Waals surface area contributed by atoms with E-state index in [0.717, 1.165) is 49.9 Å². The first-order valence-corrected chi connectivity index (χ1v) is 10.4. The van der Waals surface area contributed by atoms with Crippen LogP contribution in [-0.4, -0.2) is 36.3 Å². The van der Waals surface area contributed by atoms with Crippen molar-refractivity contribution in [2.45, 2.75) is 53.2 Å². The van der Waals surface area contributed by atoms with Crippen molar-refractivity contribution in [2.75, 3.05) is 19.6 Å². The number of nitrogens with one attached hydrogen (secondary N) is 2. The second-order valence-corrected chi connectivity index (χ2v) is 7.26. The second-order valence-electron chi connectivity index (χ2n) is 7.26. The van der Waals surface area contributed by atoms with Crippen LogP contribution in [0, 0.1) is 13.8 Å². The van der Waals surface area contributed by atoms with Crippen LogP contribution < -0.4 is 20.9 Å². The van der Waals surface area contributed by atoms with Gasteiger partial charge in [-0.25, -0.2) is 4.99 Å². The van der Waals surface area contributed by atoms with E-state index in [1.807, 2.05) is 42.7 Å². The number of hydrogen-bond acceptors (Lipinski definition) is 3. The normalized spacial score (nSPS) is 12.5. The van der Waals surface area contributed by atoms with Crippen molar-refractivity contribution in [1.82, 2.24) is 15.2 Å². The minimum Gasteiger partial charge on any atom is -0.489 e. The largest absolute Gasteiger partial charge is 0.489 e. The third-order valence-electron chi connectivity index (χ3n) is 4.55. The summed E-state index contributed by atoms with van der Waals surface area (Å²) in [4.78, 5) is 16.5. The lowest BCUT2D eigenvalue weighted by Crippen LogP contribution is -2.38. The lowest BCUT2D eigenvalue weighted by molar-refractivity contribution is 0.230. The van der Waals surface area contributed by atoms with Gasteiger partial charge in [0, 0.05) is 31.4 Å². The molecule has 2 N–H and O–H groups in total. The molecule has 29 heavy (non-hydrogen) atoms. The van der Waals surface area contributed by atoms with Crippen LogP contribution in [0.25, 0.3) is 0 Å². The fourth-order valence-corrected chi connectivity index (χ4v) is 3.03. The Morgan fingerprint density at radius 1 is 1.14 bits per heavy atom. The van der Waals surface area contributed by atoms with Crippen LogP contribution in [0.15, 0.2) is 52.3 Å². The van der Waals surface area contributed by atoms with Gasteiger partial charge in [0.05, 0.1) is 6.54 Å². The quantitative estimate of drug-likeness (QED) is 0.366. The second kappa shape index (κ2) is 11.9. The van der Waals surface area contributed by atoms with Crippen LogP contribution in [0.3, 0.4) is 0 Å². The zero-order valence-corrected chi connectivity index (χ0v) is 18.1. The maximum atomic E-state index is 11.9. The Kier molecular flexibility index (Phi) is 9.28. The Balaban J connectivity index is 1.76. The Bertz CT molecular complexity index is 845. The molecule has 0 amide bonds. The van der Waals surface area contributed by atoms with Gasteiger partial charge in [-0.15, -0.1) is 0 Å². The highest BCUT2D eigenvalue weighted by Gasteiger charge is 2.05. The molecule has 0 saturated carbocycles. The van der Waals surface area contributed by atoms with Crippen molar-refractivity contribution in [3.8, 4) is 5.75 Å². The molecule has 0 saturated heterocycles. The van der Waals surface area contributed by atoms with E-state index in [9.17, 15) is 4.79 Å². The van der Waals surface area contributed by atoms with Gasteiger partial charge in [-0.1, -0.05) is 18.2 Å². The average molecular weight is 399 g/mol. The minimum atomic E-state index is -0.0137. The number of guanidine groups is 1. The van der Waals surface area contributed by atoms with Crippen molar-refractivity contribution in [3.05, 3.63) is 64.1 Å². The number of ether oxygens (including phenoxy) is 1. The van der Waals surface area contributed by atoms with Gasteiger partial charge in [-0.3, -0.25) is 4.79 Å². The van der Waals surface area contributed by atoms with Crippen molar-refractivity contribution in [2.24, 2.45) is 4.99 Å². The first kappa shape index (κ1) is 22.5. The topological polar surface area (TPSA) is 67.7 Å². The van der Waals surface area contributed by atoms with Crippen LogP contribution in [0.5, 0.6) is 5.75 Å². The van der Waals surface area contributed by atoms with Gasteiger partial charge >= 0.3 is 0 Å². The summed E-state index contributed by atoms with van der Waals surface area (Å²) in [5.74, 6) is 1.66. The van der Waals surface area contributed by atoms with Gasteiger partial charge in [0.25, 0.3) is 5.56 Å². The molecule has 1 atom stereocenters. The van der Waals surface area contributed by atoms with Gasteiger partial charge in [-0.05, 0) is 64.3 Å². The Hall–Kier alpha value is -2.76. The minimum absolute atomic E-state index is 0.0137. The highest BCUT2D eigenvalue weighted by Crippen LogP contribution is 2.14. The van der Waals surface area contributed by atoms with Crippen molar-refractivity contribution < 1.29 is 4.74 Å².